The Hall–Kier alpha value is -2.62. The fraction of sp³-hybridized carbons (Fsp3) is 0.333. The number of para-hydroxylation sites is 1. The Bertz CT molecular complexity index is 922. The number of phenols is 1. The Kier molecular flexibility index (Phi) is 4.04. The molecule has 0 radical (unpaired) electrons. The number of rotatable bonds is 3. The van der Waals surface area contributed by atoms with Crippen molar-refractivity contribution in [3.63, 3.8) is 0 Å². The highest BCUT2D eigenvalue weighted by Gasteiger charge is 2.26. The maximum absolute atomic E-state index is 10.3. The third-order valence-corrected chi connectivity index (χ3v) is 5.10. The molecule has 2 heterocycles. The van der Waals surface area contributed by atoms with Crippen molar-refractivity contribution in [1.82, 2.24) is 9.97 Å². The van der Waals surface area contributed by atoms with E-state index >= 15 is 0 Å². The van der Waals surface area contributed by atoms with Gasteiger partial charge in [0.15, 0.2) is 5.82 Å². The van der Waals surface area contributed by atoms with Crippen LogP contribution >= 0.6 is 0 Å². The van der Waals surface area contributed by atoms with Gasteiger partial charge in [0, 0.05) is 18.0 Å². The molecule has 0 aliphatic carbocycles. The number of phenolic OH excluding ortho intramolecular Hbond substituents is 1. The lowest BCUT2D eigenvalue weighted by atomic mass is 10.1. The van der Waals surface area contributed by atoms with Crippen LogP contribution in [0.25, 0.3) is 22.3 Å². The molecule has 1 aliphatic rings. The Morgan fingerprint density at radius 2 is 2.00 bits per heavy atom. The molecule has 0 amide bonds. The van der Waals surface area contributed by atoms with Gasteiger partial charge in [-0.15, -0.1) is 0 Å². The van der Waals surface area contributed by atoms with Gasteiger partial charge in [0.05, 0.1) is 11.1 Å². The minimum atomic E-state index is 0.217. The predicted molar refractivity (Wildman–Crippen MR) is 102 cm³/mol. The lowest BCUT2D eigenvalue weighted by Gasteiger charge is -2.26. The van der Waals surface area contributed by atoms with E-state index < -0.39 is 0 Å². The molecule has 1 fully saturated rings. The average Bonchev–Trinajstić information content (AvgIpc) is 3.09. The molecule has 0 bridgehead atoms. The van der Waals surface area contributed by atoms with Crippen LogP contribution in [-0.4, -0.2) is 27.7 Å². The zero-order chi connectivity index (χ0) is 17.4. The van der Waals surface area contributed by atoms with E-state index in [1.165, 1.54) is 18.4 Å². The number of aryl methyl sites for hydroxylation is 1. The summed E-state index contributed by atoms with van der Waals surface area (Å²) in [7, 11) is 0. The Labute approximate surface area is 148 Å². The van der Waals surface area contributed by atoms with E-state index in [9.17, 15) is 5.11 Å². The van der Waals surface area contributed by atoms with E-state index in [2.05, 4.69) is 36.9 Å². The van der Waals surface area contributed by atoms with Gasteiger partial charge in [0.2, 0.25) is 0 Å². The van der Waals surface area contributed by atoms with E-state index in [1.54, 1.807) is 6.07 Å². The van der Waals surface area contributed by atoms with Crippen LogP contribution in [0.15, 0.2) is 42.5 Å². The van der Waals surface area contributed by atoms with Crippen LogP contribution in [0, 0.1) is 6.92 Å². The quantitative estimate of drug-likeness (QED) is 0.755. The van der Waals surface area contributed by atoms with Crippen LogP contribution in [0.4, 0.5) is 5.82 Å². The number of anilines is 1. The van der Waals surface area contributed by atoms with Crippen molar-refractivity contribution in [1.29, 1.82) is 0 Å². The highest BCUT2D eigenvalue weighted by Crippen LogP contribution is 2.35. The first kappa shape index (κ1) is 15.9. The maximum Gasteiger partial charge on any atom is 0.165 e. The predicted octanol–water partition coefficient (Wildman–Crippen LogP) is 4.69. The minimum Gasteiger partial charge on any atom is -0.507 e. The molecule has 4 rings (SSSR count). The van der Waals surface area contributed by atoms with Crippen molar-refractivity contribution in [2.75, 3.05) is 11.4 Å². The molecule has 3 aromatic rings. The second-order valence-corrected chi connectivity index (χ2v) is 6.81. The SMILES string of the molecule is CC[C@@H]1CCCN1c1nc(-c2ccccc2O)nc2cc(C)ccc12. The van der Waals surface area contributed by atoms with Crippen LogP contribution in [0.5, 0.6) is 5.75 Å². The Morgan fingerprint density at radius 1 is 1.16 bits per heavy atom. The van der Waals surface area contributed by atoms with Crippen LogP contribution < -0.4 is 4.90 Å². The topological polar surface area (TPSA) is 49.2 Å². The lowest BCUT2D eigenvalue weighted by Crippen LogP contribution is -2.29. The van der Waals surface area contributed by atoms with E-state index in [1.807, 2.05) is 18.2 Å². The first-order chi connectivity index (χ1) is 12.2. The highest BCUT2D eigenvalue weighted by molar-refractivity contribution is 5.92. The molecule has 25 heavy (non-hydrogen) atoms. The molecular weight excluding hydrogens is 310 g/mol. The molecule has 4 heteroatoms. The standard InChI is InChI=1S/C21H23N3O/c1-3-15-7-6-12-24(15)21-16-11-10-14(2)13-18(16)22-20(23-21)17-8-4-5-9-19(17)25/h4-5,8-11,13,15,25H,3,6-7,12H2,1-2H3/t15-/m1/s1. The lowest BCUT2D eigenvalue weighted by molar-refractivity contribution is 0.477. The second-order valence-electron chi connectivity index (χ2n) is 6.81. The van der Waals surface area contributed by atoms with Gasteiger partial charge >= 0.3 is 0 Å². The number of aromatic hydroxyl groups is 1. The summed E-state index contributed by atoms with van der Waals surface area (Å²) in [6, 6.07) is 14.1. The van der Waals surface area contributed by atoms with Crippen molar-refractivity contribution in [3.8, 4) is 17.1 Å². The molecule has 0 saturated carbocycles. The molecule has 2 aromatic carbocycles. The van der Waals surface area contributed by atoms with Crippen LogP contribution in [0.1, 0.15) is 31.7 Å². The second kappa shape index (κ2) is 6.36. The summed E-state index contributed by atoms with van der Waals surface area (Å²) in [6.45, 7) is 5.34. The fourth-order valence-corrected chi connectivity index (χ4v) is 3.76. The number of nitrogens with zero attached hydrogens (tertiary/aromatic N) is 3. The third-order valence-electron chi connectivity index (χ3n) is 5.10. The summed E-state index contributed by atoms with van der Waals surface area (Å²) >= 11 is 0. The summed E-state index contributed by atoms with van der Waals surface area (Å²) in [5.41, 5.74) is 2.79. The maximum atomic E-state index is 10.3. The number of fused-ring (bicyclic) bond motifs is 1. The van der Waals surface area contributed by atoms with Crippen LogP contribution in [-0.2, 0) is 0 Å². The summed E-state index contributed by atoms with van der Waals surface area (Å²) in [6.07, 6.45) is 3.52. The van der Waals surface area contributed by atoms with Gasteiger partial charge in [-0.25, -0.2) is 9.97 Å². The van der Waals surface area contributed by atoms with Gasteiger partial charge in [-0.3, -0.25) is 0 Å². The smallest absolute Gasteiger partial charge is 0.165 e. The molecule has 1 aliphatic heterocycles. The van der Waals surface area contributed by atoms with Crippen molar-refractivity contribution in [2.24, 2.45) is 0 Å². The molecule has 0 spiro atoms. The summed E-state index contributed by atoms with van der Waals surface area (Å²) < 4.78 is 0. The molecule has 1 atom stereocenters. The third kappa shape index (κ3) is 2.82. The van der Waals surface area contributed by atoms with E-state index in [4.69, 9.17) is 9.97 Å². The molecule has 0 unspecified atom stereocenters. The van der Waals surface area contributed by atoms with E-state index in [0.29, 0.717) is 17.4 Å². The van der Waals surface area contributed by atoms with Crippen molar-refractivity contribution < 1.29 is 5.11 Å². The van der Waals surface area contributed by atoms with Crippen molar-refractivity contribution >= 4 is 16.7 Å². The van der Waals surface area contributed by atoms with Gasteiger partial charge in [0.25, 0.3) is 0 Å². The van der Waals surface area contributed by atoms with Gasteiger partial charge in [-0.2, -0.15) is 0 Å². The summed E-state index contributed by atoms with van der Waals surface area (Å²) in [4.78, 5) is 12.1. The van der Waals surface area contributed by atoms with E-state index in [-0.39, 0.29) is 5.75 Å². The molecule has 1 saturated heterocycles. The zero-order valence-corrected chi connectivity index (χ0v) is 14.7. The summed E-state index contributed by atoms with van der Waals surface area (Å²) in [5, 5.41) is 11.3. The van der Waals surface area contributed by atoms with Gasteiger partial charge in [-0.1, -0.05) is 25.1 Å². The molecule has 1 aromatic heterocycles. The number of aromatic nitrogens is 2. The van der Waals surface area contributed by atoms with Gasteiger partial charge < -0.3 is 10.0 Å². The van der Waals surface area contributed by atoms with Crippen molar-refractivity contribution in [2.45, 2.75) is 39.2 Å². The van der Waals surface area contributed by atoms with Gasteiger partial charge in [0.1, 0.15) is 11.6 Å². The summed E-state index contributed by atoms with van der Waals surface area (Å²) in [5.74, 6) is 1.80. The molecule has 1 N–H and O–H groups in total. The average molecular weight is 333 g/mol. The Morgan fingerprint density at radius 3 is 2.80 bits per heavy atom. The zero-order valence-electron chi connectivity index (χ0n) is 14.7. The minimum absolute atomic E-state index is 0.217. The monoisotopic (exact) mass is 333 g/mol. The van der Waals surface area contributed by atoms with Crippen molar-refractivity contribution in [3.05, 3.63) is 48.0 Å². The Balaban J connectivity index is 1.95. The largest absolute Gasteiger partial charge is 0.507 e. The van der Waals surface area contributed by atoms with Crippen LogP contribution in [0.3, 0.4) is 0 Å². The first-order valence-electron chi connectivity index (χ1n) is 9.01. The van der Waals surface area contributed by atoms with Gasteiger partial charge in [-0.05, 0) is 56.0 Å². The first-order valence-corrected chi connectivity index (χ1v) is 9.01. The molecule has 4 nitrogen and oxygen atoms in total. The normalized spacial score (nSPS) is 17.4. The highest BCUT2D eigenvalue weighted by atomic mass is 16.3. The molecular formula is C21H23N3O. The number of benzene rings is 2. The van der Waals surface area contributed by atoms with Crippen LogP contribution in [0.2, 0.25) is 0 Å². The number of hydrogen-bond acceptors (Lipinski definition) is 4. The van der Waals surface area contributed by atoms with E-state index in [0.717, 1.165) is 29.7 Å². The number of hydrogen-bond donors (Lipinski definition) is 1. The molecule has 128 valence electrons. The fourth-order valence-electron chi connectivity index (χ4n) is 3.76.